The molecule has 0 spiro atoms. The molecule has 0 amide bonds. The lowest BCUT2D eigenvalue weighted by Crippen LogP contribution is -2.19. The Kier molecular flexibility index (Phi) is 7.90. The van der Waals surface area contributed by atoms with Crippen LogP contribution in [0.1, 0.15) is 0 Å². The minimum absolute atomic E-state index is 0.639. The molecule has 0 bridgehead atoms. The van der Waals surface area contributed by atoms with Gasteiger partial charge in [-0.15, -0.1) is 0 Å². The van der Waals surface area contributed by atoms with Crippen molar-refractivity contribution in [3.63, 3.8) is 0 Å². The van der Waals surface area contributed by atoms with E-state index in [1.165, 1.54) is 0 Å². The lowest BCUT2D eigenvalue weighted by atomic mass is 10.0. The van der Waals surface area contributed by atoms with Crippen molar-refractivity contribution >= 4 is 22.1 Å². The first kappa shape index (κ1) is 27.5. The predicted molar refractivity (Wildman–Crippen MR) is 170 cm³/mol. The first-order valence-electron chi connectivity index (χ1n) is 14.2. The van der Waals surface area contributed by atoms with Gasteiger partial charge in [0.2, 0.25) is 0 Å². The molecule has 0 aliphatic rings. The van der Waals surface area contributed by atoms with Crippen molar-refractivity contribution < 1.29 is 9.47 Å². The molecule has 0 fully saturated rings. The van der Waals surface area contributed by atoms with Gasteiger partial charge in [0.1, 0.15) is 36.4 Å². The second kappa shape index (κ2) is 12.1. The van der Waals surface area contributed by atoms with Crippen LogP contribution in [0.3, 0.4) is 0 Å². The molecule has 8 nitrogen and oxygen atoms in total. The fraction of sp³-hybridized carbons (Fsp3) is 0.235. The van der Waals surface area contributed by atoms with Crippen LogP contribution < -0.4 is 9.47 Å². The number of H-pyrrole nitrogens is 2. The largest absolute Gasteiger partial charge is 0.492 e. The molecule has 0 atom stereocenters. The molecule has 0 radical (unpaired) electrons. The molecule has 0 aliphatic carbocycles. The highest BCUT2D eigenvalue weighted by atomic mass is 16.5. The van der Waals surface area contributed by atoms with Gasteiger partial charge < -0.3 is 29.2 Å². The maximum absolute atomic E-state index is 5.92. The topological polar surface area (TPSA) is 82.3 Å². The summed E-state index contributed by atoms with van der Waals surface area (Å²) in [6.45, 7) is 3.00. The number of ether oxygens (including phenoxy) is 2. The van der Waals surface area contributed by atoms with Crippen LogP contribution >= 0.6 is 0 Å². The van der Waals surface area contributed by atoms with E-state index in [0.717, 1.165) is 80.6 Å². The van der Waals surface area contributed by atoms with Gasteiger partial charge in [-0.2, -0.15) is 0 Å². The van der Waals surface area contributed by atoms with Crippen LogP contribution in [0.4, 0.5) is 0 Å². The Morgan fingerprint density at radius 2 is 1.00 bits per heavy atom. The predicted octanol–water partition coefficient (Wildman–Crippen LogP) is 6.32. The third kappa shape index (κ3) is 6.30. The number of nitrogens with one attached hydrogen (secondary N) is 2. The number of aromatic nitrogens is 4. The molecule has 42 heavy (non-hydrogen) atoms. The molecule has 0 aliphatic heterocycles. The van der Waals surface area contributed by atoms with Crippen LogP contribution in [0.25, 0.3) is 56.0 Å². The molecule has 6 rings (SSSR count). The molecule has 8 heteroatoms. The summed E-state index contributed by atoms with van der Waals surface area (Å²) in [6, 6.07) is 28.8. The fourth-order valence-corrected chi connectivity index (χ4v) is 4.80. The quantitative estimate of drug-likeness (QED) is 0.193. The van der Waals surface area contributed by atoms with Crippen LogP contribution in [-0.4, -0.2) is 84.2 Å². The lowest BCUT2D eigenvalue weighted by Gasteiger charge is -2.11. The highest BCUT2D eigenvalue weighted by molar-refractivity contribution is 5.88. The zero-order chi connectivity index (χ0) is 29.1. The van der Waals surface area contributed by atoms with Gasteiger partial charge in [0.15, 0.2) is 0 Å². The van der Waals surface area contributed by atoms with Gasteiger partial charge in [0.05, 0.1) is 22.1 Å². The second-order valence-electron chi connectivity index (χ2n) is 11.0. The summed E-state index contributed by atoms with van der Waals surface area (Å²) in [6.07, 6.45) is 0. The third-order valence-corrected chi connectivity index (χ3v) is 7.13. The Balaban J connectivity index is 1.22. The number of aromatic amines is 2. The van der Waals surface area contributed by atoms with Crippen LogP contribution in [0.2, 0.25) is 0 Å². The summed E-state index contributed by atoms with van der Waals surface area (Å²) in [7, 11) is 8.15. The number of benzene rings is 4. The average molecular weight is 561 g/mol. The zero-order valence-electron chi connectivity index (χ0n) is 24.5. The van der Waals surface area contributed by atoms with Crippen molar-refractivity contribution in [2.45, 2.75) is 0 Å². The molecule has 6 aromatic rings. The van der Waals surface area contributed by atoms with Crippen LogP contribution in [0.15, 0.2) is 84.9 Å². The van der Waals surface area contributed by atoms with Crippen molar-refractivity contribution in [2.75, 3.05) is 54.5 Å². The summed E-state index contributed by atoms with van der Waals surface area (Å²) >= 11 is 0. The van der Waals surface area contributed by atoms with Crippen LogP contribution in [-0.2, 0) is 0 Å². The normalized spacial score (nSPS) is 11.7. The highest BCUT2D eigenvalue weighted by Crippen LogP contribution is 2.30. The SMILES string of the molecule is CN(C)CCOc1cccc(-c2nc3cc(-c4ccc5[nH]c(-c6cccc(OCCN(C)C)c6)nc5c4)ccc3[nH]2)c1. The Labute approximate surface area is 245 Å². The van der Waals surface area contributed by atoms with Crippen molar-refractivity contribution in [3.8, 4) is 45.4 Å². The average Bonchev–Trinajstić information content (AvgIpc) is 3.61. The van der Waals surface area contributed by atoms with E-state index in [-0.39, 0.29) is 0 Å². The van der Waals surface area contributed by atoms with Gasteiger partial charge in [-0.25, -0.2) is 9.97 Å². The van der Waals surface area contributed by atoms with E-state index in [9.17, 15) is 0 Å². The molecule has 214 valence electrons. The van der Waals surface area contributed by atoms with Crippen molar-refractivity contribution in [3.05, 3.63) is 84.9 Å². The Morgan fingerprint density at radius 1 is 0.548 bits per heavy atom. The van der Waals surface area contributed by atoms with E-state index in [0.29, 0.717) is 13.2 Å². The first-order valence-corrected chi connectivity index (χ1v) is 14.2. The summed E-state index contributed by atoms with van der Waals surface area (Å²) < 4.78 is 11.8. The second-order valence-corrected chi connectivity index (χ2v) is 11.0. The van der Waals surface area contributed by atoms with E-state index in [1.807, 2.05) is 76.7 Å². The maximum Gasteiger partial charge on any atom is 0.138 e. The number of fused-ring (bicyclic) bond motifs is 2. The smallest absolute Gasteiger partial charge is 0.138 e. The Hall–Kier alpha value is -4.66. The minimum Gasteiger partial charge on any atom is -0.492 e. The third-order valence-electron chi connectivity index (χ3n) is 7.13. The van der Waals surface area contributed by atoms with E-state index >= 15 is 0 Å². The fourth-order valence-electron chi connectivity index (χ4n) is 4.80. The van der Waals surface area contributed by atoms with Crippen molar-refractivity contribution in [1.82, 2.24) is 29.7 Å². The molecular weight excluding hydrogens is 524 g/mol. The standard InChI is InChI=1S/C34H36N6O2/c1-39(2)15-17-41-27-9-5-7-25(19-27)33-35-29-13-11-23(21-31(29)37-33)24-12-14-30-32(22-24)38-34(36-30)26-8-6-10-28(20-26)42-18-16-40(3)4/h5-14,19-22H,15-18H2,1-4H3,(H,35,37)(H,36,38). The molecule has 0 saturated carbocycles. The Morgan fingerprint density at radius 3 is 1.43 bits per heavy atom. The van der Waals surface area contributed by atoms with Gasteiger partial charge in [0.25, 0.3) is 0 Å². The Bertz CT molecular complexity index is 1690. The molecule has 2 aromatic heterocycles. The summed E-state index contributed by atoms with van der Waals surface area (Å²) in [5.74, 6) is 3.32. The first-order chi connectivity index (χ1) is 20.4. The molecule has 0 saturated heterocycles. The van der Waals surface area contributed by atoms with Gasteiger partial charge in [0, 0.05) is 24.2 Å². The zero-order valence-corrected chi connectivity index (χ0v) is 24.5. The number of hydrogen-bond acceptors (Lipinski definition) is 6. The maximum atomic E-state index is 5.92. The molecule has 4 aromatic carbocycles. The van der Waals surface area contributed by atoms with E-state index in [1.54, 1.807) is 0 Å². The number of rotatable bonds is 11. The highest BCUT2D eigenvalue weighted by Gasteiger charge is 2.11. The lowest BCUT2D eigenvalue weighted by molar-refractivity contribution is 0.261. The van der Waals surface area contributed by atoms with E-state index < -0.39 is 0 Å². The molecule has 0 unspecified atom stereocenters. The number of nitrogens with zero attached hydrogens (tertiary/aromatic N) is 4. The van der Waals surface area contributed by atoms with Crippen molar-refractivity contribution in [2.24, 2.45) is 0 Å². The van der Waals surface area contributed by atoms with Gasteiger partial charge in [-0.3, -0.25) is 0 Å². The summed E-state index contributed by atoms with van der Waals surface area (Å²) in [4.78, 5) is 20.9. The number of hydrogen-bond donors (Lipinski definition) is 2. The summed E-state index contributed by atoms with van der Waals surface area (Å²) in [5, 5.41) is 0. The van der Waals surface area contributed by atoms with Crippen LogP contribution in [0.5, 0.6) is 11.5 Å². The monoisotopic (exact) mass is 560 g/mol. The van der Waals surface area contributed by atoms with Crippen molar-refractivity contribution in [1.29, 1.82) is 0 Å². The van der Waals surface area contributed by atoms with Crippen LogP contribution in [0, 0.1) is 0 Å². The van der Waals surface area contributed by atoms with Gasteiger partial charge in [-0.05, 0) is 87.8 Å². The van der Waals surface area contributed by atoms with E-state index in [4.69, 9.17) is 19.4 Å². The molecule has 2 heterocycles. The van der Waals surface area contributed by atoms with E-state index in [2.05, 4.69) is 56.2 Å². The minimum atomic E-state index is 0.639. The summed E-state index contributed by atoms with van der Waals surface area (Å²) in [5.41, 5.74) is 7.96. The van der Waals surface area contributed by atoms with Gasteiger partial charge >= 0.3 is 0 Å². The van der Waals surface area contributed by atoms with Gasteiger partial charge in [-0.1, -0.05) is 36.4 Å². The number of likely N-dealkylation sites (N-methyl/N-ethyl adjacent to an activating group) is 2. The molecular formula is C34H36N6O2. The number of imidazole rings is 2. The molecule has 2 N–H and O–H groups in total.